The van der Waals surface area contributed by atoms with Crippen LogP contribution in [0.2, 0.25) is 0 Å². The normalized spacial score (nSPS) is 32.7. The van der Waals surface area contributed by atoms with Gasteiger partial charge >= 0.3 is 6.09 Å². The van der Waals surface area contributed by atoms with Crippen molar-refractivity contribution in [3.05, 3.63) is 35.4 Å². The van der Waals surface area contributed by atoms with E-state index in [9.17, 15) is 14.7 Å². The molecule has 6 atom stereocenters. The van der Waals surface area contributed by atoms with Gasteiger partial charge in [0.1, 0.15) is 18.2 Å². The highest BCUT2D eigenvalue weighted by Gasteiger charge is 2.64. The first-order chi connectivity index (χ1) is 16.8. The van der Waals surface area contributed by atoms with E-state index in [2.05, 4.69) is 28.9 Å². The third-order valence-electron chi connectivity index (χ3n) is 8.61. The number of piperidine rings is 1. The molecular weight excluding hydrogens is 519 g/mol. The van der Waals surface area contributed by atoms with Crippen LogP contribution in [0.25, 0.3) is 0 Å². The molecule has 9 nitrogen and oxygen atoms in total. The van der Waals surface area contributed by atoms with Crippen molar-refractivity contribution >= 4 is 36.8 Å². The number of carbonyl (C=O) groups excluding carboxylic acids is 2. The molecule has 5 aliphatic rings. The van der Waals surface area contributed by atoms with Crippen molar-refractivity contribution in [2.75, 3.05) is 20.1 Å². The van der Waals surface area contributed by atoms with E-state index in [0.717, 1.165) is 31.4 Å². The maximum atomic E-state index is 13.2. The number of hydrazine groups is 1. The maximum Gasteiger partial charge on any atom is 0.416 e. The molecule has 0 saturated carbocycles. The van der Waals surface area contributed by atoms with E-state index in [-0.39, 0.29) is 48.1 Å². The van der Waals surface area contributed by atoms with Gasteiger partial charge in [-0.3, -0.25) is 15.1 Å². The van der Waals surface area contributed by atoms with Gasteiger partial charge in [-0.05, 0) is 64.8 Å². The smallest absolute Gasteiger partial charge is 0.416 e. The topological polar surface area (TPSA) is 103 Å². The Bertz CT molecular complexity index is 1100. The minimum absolute atomic E-state index is 0. The van der Waals surface area contributed by atoms with Crippen LogP contribution in [0, 0.1) is 5.92 Å². The quantitative estimate of drug-likeness (QED) is 0.387. The largest absolute Gasteiger partial charge is 0.482 e. The molecule has 0 aromatic heterocycles. The summed E-state index contributed by atoms with van der Waals surface area (Å²) >= 11 is 0. The van der Waals surface area contributed by atoms with Crippen LogP contribution in [0.3, 0.4) is 0 Å². The first kappa shape index (κ1) is 28.0. The number of rotatable bonds is 4. The molecule has 11 heteroatoms. The number of hydrogen-bond acceptors (Lipinski definition) is 7. The second-order valence-electron chi connectivity index (χ2n) is 10.9. The summed E-state index contributed by atoms with van der Waals surface area (Å²) < 4.78 is 12.4. The number of carbonyl (C=O) groups is 2. The average molecular weight is 556 g/mol. The number of aliphatic hydroxyl groups is 1. The standard InChI is InChI=1S/C26H34N4O5.2ClH/c1-14(2)27-28-24(32)17-5-4-11-30(17)25(33)34-20-9-6-15-13-18-16-7-8-19(31)23-26(16,10-12-29(18)3)21(15)22(20)35-23;;/h6-9,14,16-19,23,27,31H,4-5,10-13H2,1-3H3,(H,28,32);2*1H/t16?,17?,18?,19-,23-,26-;;/m0../s1. The fourth-order valence-corrected chi connectivity index (χ4v) is 7.02. The summed E-state index contributed by atoms with van der Waals surface area (Å²) in [5.41, 5.74) is 7.60. The van der Waals surface area contributed by atoms with Gasteiger partial charge in [0.15, 0.2) is 11.5 Å². The van der Waals surface area contributed by atoms with Gasteiger partial charge in [-0.25, -0.2) is 10.2 Å². The molecule has 3 aliphatic heterocycles. The van der Waals surface area contributed by atoms with Crippen molar-refractivity contribution in [3.8, 4) is 11.5 Å². The Morgan fingerprint density at radius 3 is 2.76 bits per heavy atom. The van der Waals surface area contributed by atoms with E-state index in [1.807, 2.05) is 26.0 Å². The summed E-state index contributed by atoms with van der Waals surface area (Å²) in [5, 5.41) is 10.9. The molecule has 37 heavy (non-hydrogen) atoms. The second-order valence-corrected chi connectivity index (χ2v) is 10.9. The Hall–Kier alpha value is -2.04. The number of nitrogens with zero attached hydrogens (tertiary/aromatic N) is 2. The predicted octanol–water partition coefficient (Wildman–Crippen LogP) is 2.33. The number of nitrogens with one attached hydrogen (secondary N) is 2. The van der Waals surface area contributed by atoms with Gasteiger partial charge in [0.2, 0.25) is 0 Å². The number of benzene rings is 1. The first-order valence-electron chi connectivity index (χ1n) is 12.7. The van der Waals surface area contributed by atoms with Crippen LogP contribution in [0.4, 0.5) is 4.79 Å². The van der Waals surface area contributed by atoms with Crippen LogP contribution in [-0.2, 0) is 16.6 Å². The molecule has 6 rings (SSSR count). The molecule has 3 heterocycles. The second kappa shape index (κ2) is 10.3. The van der Waals surface area contributed by atoms with Crippen molar-refractivity contribution in [2.45, 2.75) is 75.3 Å². The Morgan fingerprint density at radius 1 is 1.22 bits per heavy atom. The van der Waals surface area contributed by atoms with Crippen molar-refractivity contribution in [1.82, 2.24) is 20.7 Å². The van der Waals surface area contributed by atoms with Gasteiger partial charge in [-0.15, -0.1) is 24.8 Å². The molecular formula is C26H36Cl2N4O5. The summed E-state index contributed by atoms with van der Waals surface area (Å²) in [4.78, 5) is 29.8. The summed E-state index contributed by atoms with van der Waals surface area (Å²) in [7, 11) is 2.17. The number of amides is 2. The van der Waals surface area contributed by atoms with Gasteiger partial charge in [-0.1, -0.05) is 18.2 Å². The van der Waals surface area contributed by atoms with E-state index >= 15 is 0 Å². The Labute approximate surface area is 229 Å². The third kappa shape index (κ3) is 4.19. The number of aliphatic hydroxyl groups excluding tert-OH is 1. The third-order valence-corrected chi connectivity index (χ3v) is 8.61. The van der Waals surface area contributed by atoms with Crippen LogP contribution < -0.4 is 20.3 Å². The monoisotopic (exact) mass is 554 g/mol. The lowest BCUT2D eigenvalue weighted by atomic mass is 9.53. The Balaban J connectivity index is 0.00000160. The number of hydrogen-bond donors (Lipinski definition) is 3. The van der Waals surface area contributed by atoms with E-state index < -0.39 is 24.3 Å². The van der Waals surface area contributed by atoms with Crippen LogP contribution in [0.5, 0.6) is 11.5 Å². The lowest BCUT2D eigenvalue weighted by Gasteiger charge is -2.56. The van der Waals surface area contributed by atoms with Gasteiger partial charge in [0.25, 0.3) is 5.91 Å². The lowest BCUT2D eigenvalue weighted by Crippen LogP contribution is -2.64. The molecule has 2 amide bonds. The van der Waals surface area contributed by atoms with Crippen LogP contribution >= 0.6 is 24.8 Å². The molecule has 2 aliphatic carbocycles. The lowest BCUT2D eigenvalue weighted by molar-refractivity contribution is -0.126. The molecule has 1 spiro atoms. The molecule has 0 radical (unpaired) electrons. The van der Waals surface area contributed by atoms with Crippen molar-refractivity contribution in [1.29, 1.82) is 0 Å². The molecule has 2 saturated heterocycles. The maximum absolute atomic E-state index is 13.2. The van der Waals surface area contributed by atoms with Gasteiger partial charge in [0.05, 0.1) is 0 Å². The molecule has 3 unspecified atom stereocenters. The highest BCUT2D eigenvalue weighted by molar-refractivity contribution is 5.86. The first-order valence-corrected chi connectivity index (χ1v) is 12.7. The fourth-order valence-electron chi connectivity index (χ4n) is 7.02. The highest BCUT2D eigenvalue weighted by Crippen LogP contribution is 2.62. The van der Waals surface area contributed by atoms with Crippen molar-refractivity contribution in [2.24, 2.45) is 5.92 Å². The Kier molecular flexibility index (Phi) is 7.76. The van der Waals surface area contributed by atoms with Gasteiger partial charge in [-0.2, -0.15) is 0 Å². The van der Waals surface area contributed by atoms with E-state index in [1.165, 1.54) is 10.5 Å². The predicted molar refractivity (Wildman–Crippen MR) is 143 cm³/mol. The molecule has 3 N–H and O–H groups in total. The number of halogens is 2. The minimum Gasteiger partial charge on any atom is -0.482 e. The van der Waals surface area contributed by atoms with E-state index in [4.69, 9.17) is 9.47 Å². The molecule has 2 bridgehead atoms. The van der Waals surface area contributed by atoms with Crippen LogP contribution in [0.1, 0.15) is 44.2 Å². The molecule has 2 fully saturated rings. The summed E-state index contributed by atoms with van der Waals surface area (Å²) in [6.45, 7) is 5.26. The van der Waals surface area contributed by atoms with Gasteiger partial charge < -0.3 is 19.5 Å². The summed E-state index contributed by atoms with van der Waals surface area (Å²) in [6, 6.07) is 3.72. The summed E-state index contributed by atoms with van der Waals surface area (Å²) in [5.74, 6) is 0.957. The van der Waals surface area contributed by atoms with Crippen LogP contribution in [0.15, 0.2) is 24.3 Å². The minimum atomic E-state index is -0.711. The zero-order chi connectivity index (χ0) is 24.5. The number of ether oxygens (including phenoxy) is 2. The number of likely N-dealkylation sites (N-methyl/N-ethyl adjacent to an activating group) is 1. The van der Waals surface area contributed by atoms with Crippen LogP contribution in [-0.4, -0.2) is 77.4 Å². The summed E-state index contributed by atoms with van der Waals surface area (Å²) in [6.07, 6.45) is 5.48. The molecule has 1 aromatic carbocycles. The van der Waals surface area contributed by atoms with E-state index in [0.29, 0.717) is 30.5 Å². The number of likely N-dealkylation sites (tertiary alicyclic amines) is 2. The Morgan fingerprint density at radius 2 is 2.00 bits per heavy atom. The van der Waals surface area contributed by atoms with Gasteiger partial charge in [0, 0.05) is 35.5 Å². The average Bonchev–Trinajstić information content (AvgIpc) is 3.45. The van der Waals surface area contributed by atoms with Crippen molar-refractivity contribution in [3.63, 3.8) is 0 Å². The SMILES string of the molecule is CC(C)NNC(=O)C1CCCN1C(=O)Oc1ccc2c3c1O[C@H]1[C@@H](O)C=CC4C(C2)N(C)CC[C@@]341.Cl.Cl. The molecule has 204 valence electrons. The van der Waals surface area contributed by atoms with Crippen molar-refractivity contribution < 1.29 is 24.2 Å². The molecule has 1 aromatic rings. The zero-order valence-corrected chi connectivity index (χ0v) is 22.9. The highest BCUT2D eigenvalue weighted by atomic mass is 35.5. The fraction of sp³-hybridized carbons (Fsp3) is 0.615. The zero-order valence-electron chi connectivity index (χ0n) is 21.3. The van der Waals surface area contributed by atoms with E-state index in [1.54, 1.807) is 6.07 Å².